The van der Waals surface area contributed by atoms with Crippen molar-refractivity contribution >= 4 is 33.5 Å². The van der Waals surface area contributed by atoms with E-state index in [9.17, 15) is 15.5 Å². The molecule has 0 aliphatic carbocycles. The molecule has 2 heterocycles. The van der Waals surface area contributed by atoms with Gasteiger partial charge in [0.15, 0.2) is 0 Å². The standard InChI is InChI=1S/C24H21BrN2O5/c1-14-3-9-21(31-14)23(22-10-4-15(2)32-22)16-5-7-19(8-6-16)26-13-17-11-18(25)12-20(24(17)28)27(29)30/h3-13,23,28-30H,1-2H3/p-1. The average molecular weight is 496 g/mol. The van der Waals surface area contributed by atoms with Gasteiger partial charge in [-0.25, -0.2) is 0 Å². The normalized spacial score (nSPS) is 11.6. The van der Waals surface area contributed by atoms with Crippen LogP contribution in [0.3, 0.4) is 0 Å². The van der Waals surface area contributed by atoms with Gasteiger partial charge in [-0.05, 0) is 73.5 Å². The first kappa shape index (κ1) is 21.9. The summed E-state index contributed by atoms with van der Waals surface area (Å²) >= 11 is 3.25. The molecule has 0 spiro atoms. The van der Waals surface area contributed by atoms with Crippen molar-refractivity contribution in [3.8, 4) is 5.75 Å². The maximum absolute atomic E-state index is 12.4. The number of nitrogens with zero attached hydrogens (tertiary/aromatic N) is 2. The summed E-state index contributed by atoms with van der Waals surface area (Å²) < 4.78 is 12.3. The van der Waals surface area contributed by atoms with E-state index >= 15 is 0 Å². The molecule has 7 nitrogen and oxygen atoms in total. The Labute approximate surface area is 192 Å². The molecule has 2 aromatic carbocycles. The molecule has 0 bridgehead atoms. The lowest BCUT2D eigenvalue weighted by Gasteiger charge is -2.19. The summed E-state index contributed by atoms with van der Waals surface area (Å²) in [6.07, 6.45) is 1.39. The van der Waals surface area contributed by atoms with Gasteiger partial charge in [0.2, 0.25) is 0 Å². The average Bonchev–Trinajstić information content (AvgIpc) is 3.38. The third-order valence-corrected chi connectivity index (χ3v) is 5.41. The fraction of sp³-hybridized carbons (Fsp3) is 0.125. The minimum absolute atomic E-state index is 0.198. The van der Waals surface area contributed by atoms with Crippen LogP contribution in [0.1, 0.15) is 40.1 Å². The molecular formula is C24H20BrN2O5-. The summed E-state index contributed by atoms with van der Waals surface area (Å²) in [6.45, 7) is 3.80. The molecule has 0 atom stereocenters. The molecular weight excluding hydrogens is 476 g/mol. The van der Waals surface area contributed by atoms with Gasteiger partial charge in [0.25, 0.3) is 0 Å². The number of anilines is 1. The topological polar surface area (TPSA) is 105 Å². The van der Waals surface area contributed by atoms with Crippen LogP contribution in [0.15, 0.2) is 79.0 Å². The predicted octanol–water partition coefficient (Wildman–Crippen LogP) is 5.84. The number of hydrogen-bond acceptors (Lipinski definition) is 7. The highest BCUT2D eigenvalue weighted by molar-refractivity contribution is 9.10. The molecule has 32 heavy (non-hydrogen) atoms. The van der Waals surface area contributed by atoms with Crippen molar-refractivity contribution in [2.75, 3.05) is 5.23 Å². The second-order valence-electron chi connectivity index (χ2n) is 7.31. The fourth-order valence-electron chi connectivity index (χ4n) is 3.43. The molecule has 0 aliphatic rings. The molecule has 0 amide bonds. The van der Waals surface area contributed by atoms with Crippen LogP contribution in [0.5, 0.6) is 5.75 Å². The summed E-state index contributed by atoms with van der Waals surface area (Å²) in [4.78, 5) is 4.36. The minimum atomic E-state index is -0.556. The Kier molecular flexibility index (Phi) is 6.18. The molecule has 0 saturated heterocycles. The molecule has 0 saturated carbocycles. The SMILES string of the molecule is Cc1ccc(C(c2ccc(N=Cc3cc(Br)cc(N(O)O)c3[O-])cc2)c2ccc(C)o2)o1. The van der Waals surface area contributed by atoms with Gasteiger partial charge < -0.3 is 13.9 Å². The molecule has 0 radical (unpaired) electrons. The molecule has 0 aliphatic heterocycles. The molecule has 8 heteroatoms. The largest absolute Gasteiger partial charge is 0.870 e. The van der Waals surface area contributed by atoms with E-state index in [4.69, 9.17) is 8.83 Å². The Hall–Kier alpha value is -3.33. The molecule has 4 rings (SSSR count). The van der Waals surface area contributed by atoms with Crippen LogP contribution in [0.25, 0.3) is 0 Å². The van der Waals surface area contributed by atoms with Crippen molar-refractivity contribution in [2.24, 2.45) is 4.99 Å². The van der Waals surface area contributed by atoms with Crippen molar-refractivity contribution in [1.82, 2.24) is 0 Å². The highest BCUT2D eigenvalue weighted by Gasteiger charge is 2.23. The van der Waals surface area contributed by atoms with E-state index in [1.807, 2.05) is 62.4 Å². The lowest BCUT2D eigenvalue weighted by molar-refractivity contribution is -0.268. The first-order valence-electron chi connectivity index (χ1n) is 9.77. The van der Waals surface area contributed by atoms with Crippen LogP contribution in [0.2, 0.25) is 0 Å². The maximum Gasteiger partial charge on any atom is 0.119 e. The summed E-state index contributed by atoms with van der Waals surface area (Å²) in [5.74, 6) is 2.45. The van der Waals surface area contributed by atoms with Crippen LogP contribution in [-0.4, -0.2) is 16.6 Å². The fourth-order valence-corrected chi connectivity index (χ4v) is 3.89. The molecule has 164 valence electrons. The summed E-state index contributed by atoms with van der Waals surface area (Å²) in [5.41, 5.74) is 1.53. The maximum atomic E-state index is 12.4. The summed E-state index contributed by atoms with van der Waals surface area (Å²) in [6, 6.07) is 18.1. The number of rotatable bonds is 6. The number of aliphatic imine (C=N–C) groups is 1. The lowest BCUT2D eigenvalue weighted by Crippen LogP contribution is -2.14. The number of furan rings is 2. The smallest absolute Gasteiger partial charge is 0.119 e. The Morgan fingerprint density at radius 3 is 2.03 bits per heavy atom. The minimum Gasteiger partial charge on any atom is -0.870 e. The van der Waals surface area contributed by atoms with Gasteiger partial charge in [0, 0.05) is 10.7 Å². The Bertz CT molecular complexity index is 1220. The van der Waals surface area contributed by atoms with Gasteiger partial charge in [0.05, 0.1) is 11.4 Å². The highest BCUT2D eigenvalue weighted by atomic mass is 79.9. The first-order valence-corrected chi connectivity index (χ1v) is 10.6. The number of aryl methyl sites for hydroxylation is 2. The van der Waals surface area contributed by atoms with E-state index < -0.39 is 5.75 Å². The van der Waals surface area contributed by atoms with E-state index in [-0.39, 0.29) is 22.4 Å². The van der Waals surface area contributed by atoms with E-state index in [0.29, 0.717) is 10.2 Å². The van der Waals surface area contributed by atoms with Gasteiger partial charge in [-0.2, -0.15) is 0 Å². The monoisotopic (exact) mass is 495 g/mol. The Morgan fingerprint density at radius 2 is 1.53 bits per heavy atom. The van der Waals surface area contributed by atoms with E-state index in [0.717, 1.165) is 28.6 Å². The highest BCUT2D eigenvalue weighted by Crippen LogP contribution is 2.35. The number of benzene rings is 2. The third kappa shape index (κ3) is 4.62. The molecule has 2 aromatic heterocycles. The van der Waals surface area contributed by atoms with Crippen LogP contribution in [0.4, 0.5) is 11.4 Å². The zero-order chi connectivity index (χ0) is 22.8. The summed E-state index contributed by atoms with van der Waals surface area (Å²) in [7, 11) is 0. The molecule has 0 fully saturated rings. The Morgan fingerprint density at radius 1 is 0.938 bits per heavy atom. The van der Waals surface area contributed by atoms with Crippen molar-refractivity contribution in [1.29, 1.82) is 0 Å². The Balaban J connectivity index is 1.64. The van der Waals surface area contributed by atoms with E-state index in [1.165, 1.54) is 12.3 Å². The number of hydrogen-bond donors (Lipinski definition) is 2. The predicted molar refractivity (Wildman–Crippen MR) is 121 cm³/mol. The van der Waals surface area contributed by atoms with Crippen LogP contribution in [0, 0.1) is 13.8 Å². The van der Waals surface area contributed by atoms with Gasteiger partial charge >= 0.3 is 0 Å². The third-order valence-electron chi connectivity index (χ3n) is 4.95. The van der Waals surface area contributed by atoms with Crippen LogP contribution < -0.4 is 10.3 Å². The van der Waals surface area contributed by atoms with Crippen molar-refractivity contribution in [3.05, 3.63) is 99.3 Å². The lowest BCUT2D eigenvalue weighted by atomic mass is 9.94. The van der Waals surface area contributed by atoms with E-state index in [2.05, 4.69) is 20.9 Å². The van der Waals surface area contributed by atoms with Crippen LogP contribution in [-0.2, 0) is 0 Å². The zero-order valence-electron chi connectivity index (χ0n) is 17.3. The molecule has 4 aromatic rings. The van der Waals surface area contributed by atoms with Crippen molar-refractivity contribution in [3.63, 3.8) is 0 Å². The van der Waals surface area contributed by atoms with Crippen molar-refractivity contribution < 1.29 is 24.4 Å². The quantitative estimate of drug-likeness (QED) is 0.257. The molecule has 0 unspecified atom stereocenters. The summed E-state index contributed by atoms with van der Waals surface area (Å²) in [5, 5.41) is 30.6. The first-order chi connectivity index (χ1) is 15.3. The van der Waals surface area contributed by atoms with Gasteiger partial charge in [-0.3, -0.25) is 15.4 Å². The van der Waals surface area contributed by atoms with Gasteiger partial charge in [-0.1, -0.05) is 33.8 Å². The van der Waals surface area contributed by atoms with E-state index in [1.54, 1.807) is 6.07 Å². The second-order valence-corrected chi connectivity index (χ2v) is 8.23. The van der Waals surface area contributed by atoms with Crippen LogP contribution >= 0.6 is 15.9 Å². The zero-order valence-corrected chi connectivity index (χ0v) is 18.9. The van der Waals surface area contributed by atoms with Gasteiger partial charge in [-0.15, -0.1) is 5.23 Å². The second kappa shape index (κ2) is 9.04. The van der Waals surface area contributed by atoms with Crippen molar-refractivity contribution in [2.45, 2.75) is 19.8 Å². The molecule has 2 N–H and O–H groups in total. The number of halogens is 1. The van der Waals surface area contributed by atoms with Gasteiger partial charge in [0.1, 0.15) is 29.0 Å².